The van der Waals surface area contributed by atoms with Crippen LogP contribution >= 0.6 is 23.1 Å². The Hall–Kier alpha value is -0.820. The van der Waals surface area contributed by atoms with E-state index < -0.39 is 0 Å². The first-order valence-corrected chi connectivity index (χ1v) is 6.47. The molecule has 0 radical (unpaired) electrons. The van der Waals surface area contributed by atoms with Gasteiger partial charge in [-0.3, -0.25) is 4.79 Å². The molecule has 15 heavy (non-hydrogen) atoms. The minimum atomic E-state index is -0.0275. The largest absolute Gasteiger partial charge is 0.374 e. The third-order valence-electron chi connectivity index (χ3n) is 1.68. The van der Waals surface area contributed by atoms with E-state index in [4.69, 9.17) is 5.73 Å². The number of amides is 1. The van der Waals surface area contributed by atoms with Crippen molar-refractivity contribution in [3.05, 3.63) is 5.01 Å². The zero-order chi connectivity index (χ0) is 11.3. The lowest BCUT2D eigenvalue weighted by molar-refractivity contribution is -0.120. The van der Waals surface area contributed by atoms with Crippen molar-refractivity contribution in [2.75, 3.05) is 11.5 Å². The van der Waals surface area contributed by atoms with Crippen LogP contribution in [0.25, 0.3) is 0 Å². The van der Waals surface area contributed by atoms with E-state index in [1.54, 1.807) is 11.8 Å². The minimum Gasteiger partial charge on any atom is -0.374 e. The molecule has 1 atom stereocenters. The molecular formula is C8H14N4OS2. The normalized spacial score (nSPS) is 12.4. The van der Waals surface area contributed by atoms with E-state index in [2.05, 4.69) is 15.5 Å². The molecule has 3 N–H and O–H groups in total. The zero-order valence-corrected chi connectivity index (χ0v) is 10.3. The number of thioether (sulfide) groups is 1. The Morgan fingerprint density at radius 3 is 2.93 bits per heavy atom. The molecule has 0 bridgehead atoms. The maximum Gasteiger partial charge on any atom is 0.233 e. The molecule has 0 unspecified atom stereocenters. The predicted molar refractivity (Wildman–Crippen MR) is 63.8 cm³/mol. The number of rotatable bonds is 5. The highest BCUT2D eigenvalue weighted by Crippen LogP contribution is 2.12. The van der Waals surface area contributed by atoms with Gasteiger partial charge < -0.3 is 11.1 Å². The van der Waals surface area contributed by atoms with Crippen LogP contribution in [0.5, 0.6) is 0 Å². The van der Waals surface area contributed by atoms with E-state index in [1.165, 1.54) is 11.3 Å². The molecule has 1 heterocycles. The van der Waals surface area contributed by atoms with Crippen molar-refractivity contribution in [3.63, 3.8) is 0 Å². The summed E-state index contributed by atoms with van der Waals surface area (Å²) in [4.78, 5) is 11.5. The fraction of sp³-hybridized carbons (Fsp3) is 0.625. The number of nitrogen functional groups attached to an aromatic ring is 1. The summed E-state index contributed by atoms with van der Waals surface area (Å²) in [5.74, 6) is 0.955. The Labute approximate surface area is 96.8 Å². The summed E-state index contributed by atoms with van der Waals surface area (Å²) in [6, 6.07) is 0. The average molecular weight is 246 g/mol. The Balaban J connectivity index is 2.34. The van der Waals surface area contributed by atoms with Crippen molar-refractivity contribution in [1.82, 2.24) is 15.5 Å². The molecule has 7 heteroatoms. The van der Waals surface area contributed by atoms with E-state index in [-0.39, 0.29) is 11.2 Å². The number of nitrogens with one attached hydrogen (secondary N) is 1. The van der Waals surface area contributed by atoms with Gasteiger partial charge in [0.2, 0.25) is 11.0 Å². The molecule has 0 saturated carbocycles. The number of aromatic nitrogens is 2. The van der Waals surface area contributed by atoms with Crippen LogP contribution < -0.4 is 11.1 Å². The highest BCUT2D eigenvalue weighted by Gasteiger charge is 2.12. The fourth-order valence-corrected chi connectivity index (χ4v) is 2.25. The van der Waals surface area contributed by atoms with Gasteiger partial charge in [-0.15, -0.1) is 22.0 Å². The minimum absolute atomic E-state index is 0.0237. The molecule has 0 aliphatic heterocycles. The maximum absolute atomic E-state index is 11.5. The maximum atomic E-state index is 11.5. The average Bonchev–Trinajstić information content (AvgIpc) is 2.61. The summed E-state index contributed by atoms with van der Waals surface area (Å²) < 4.78 is 0. The lowest BCUT2D eigenvalue weighted by Gasteiger charge is -2.09. The number of nitrogens with zero attached hydrogens (tertiary/aromatic N) is 2. The van der Waals surface area contributed by atoms with Gasteiger partial charge in [-0.05, 0) is 12.7 Å². The van der Waals surface area contributed by atoms with Crippen molar-refractivity contribution < 1.29 is 4.79 Å². The molecule has 0 spiro atoms. The summed E-state index contributed by atoms with van der Waals surface area (Å²) in [5.41, 5.74) is 5.42. The van der Waals surface area contributed by atoms with Crippen LogP contribution in [0.15, 0.2) is 0 Å². The summed E-state index contributed by atoms with van der Waals surface area (Å²) in [5, 5.41) is 11.4. The molecule has 1 amide bonds. The van der Waals surface area contributed by atoms with Gasteiger partial charge in [-0.2, -0.15) is 0 Å². The quantitative estimate of drug-likeness (QED) is 0.806. The highest BCUT2D eigenvalue weighted by molar-refractivity contribution is 8.00. The van der Waals surface area contributed by atoms with Crippen LogP contribution in [0.2, 0.25) is 0 Å². The van der Waals surface area contributed by atoms with Gasteiger partial charge in [0.15, 0.2) is 0 Å². The van der Waals surface area contributed by atoms with Crippen molar-refractivity contribution in [2.24, 2.45) is 0 Å². The van der Waals surface area contributed by atoms with Gasteiger partial charge in [-0.1, -0.05) is 18.3 Å². The number of hydrogen-bond acceptors (Lipinski definition) is 6. The molecule has 0 fully saturated rings. The van der Waals surface area contributed by atoms with Crippen LogP contribution in [-0.4, -0.2) is 27.1 Å². The Morgan fingerprint density at radius 1 is 1.67 bits per heavy atom. The number of hydrogen-bond donors (Lipinski definition) is 2. The first-order chi connectivity index (χ1) is 7.13. The van der Waals surface area contributed by atoms with Gasteiger partial charge in [0, 0.05) is 0 Å². The predicted octanol–water partition coefficient (Wildman–Crippen LogP) is 0.878. The molecule has 1 rings (SSSR count). The van der Waals surface area contributed by atoms with Crippen LogP contribution in [0.4, 0.5) is 5.13 Å². The van der Waals surface area contributed by atoms with Crippen molar-refractivity contribution >= 4 is 34.1 Å². The smallest absolute Gasteiger partial charge is 0.233 e. The van der Waals surface area contributed by atoms with E-state index in [0.29, 0.717) is 11.7 Å². The Morgan fingerprint density at radius 2 is 2.40 bits per heavy atom. The molecule has 5 nitrogen and oxygen atoms in total. The summed E-state index contributed by atoms with van der Waals surface area (Å²) in [7, 11) is 0. The molecule has 84 valence electrons. The third kappa shape index (κ3) is 4.05. The van der Waals surface area contributed by atoms with E-state index in [0.717, 1.165) is 10.8 Å². The van der Waals surface area contributed by atoms with E-state index >= 15 is 0 Å². The Bertz CT molecular complexity index is 328. The monoisotopic (exact) mass is 246 g/mol. The van der Waals surface area contributed by atoms with Gasteiger partial charge in [-0.25, -0.2) is 0 Å². The van der Waals surface area contributed by atoms with Gasteiger partial charge in [0.25, 0.3) is 0 Å². The number of nitrogens with two attached hydrogens (primary N) is 1. The number of anilines is 1. The van der Waals surface area contributed by atoms with Crippen molar-refractivity contribution in [2.45, 2.75) is 25.6 Å². The molecule has 0 aliphatic carbocycles. The third-order valence-corrected chi connectivity index (χ3v) is 3.48. The van der Waals surface area contributed by atoms with Gasteiger partial charge >= 0.3 is 0 Å². The first-order valence-electron chi connectivity index (χ1n) is 4.60. The lowest BCUT2D eigenvalue weighted by atomic mass is 10.4. The Kier molecular flexibility index (Phi) is 4.83. The first kappa shape index (κ1) is 12.3. The van der Waals surface area contributed by atoms with E-state index in [9.17, 15) is 4.79 Å². The summed E-state index contributed by atoms with van der Waals surface area (Å²) in [6.45, 7) is 4.32. The topological polar surface area (TPSA) is 80.9 Å². The van der Waals surface area contributed by atoms with Gasteiger partial charge in [0.1, 0.15) is 5.01 Å². The molecule has 0 saturated heterocycles. The second kappa shape index (κ2) is 5.92. The fourth-order valence-electron chi connectivity index (χ4n) is 0.970. The zero-order valence-electron chi connectivity index (χ0n) is 8.69. The lowest BCUT2D eigenvalue weighted by Crippen LogP contribution is -2.30. The number of carbonyl (C=O) groups excluding carboxylic acids is 1. The molecule has 0 aliphatic rings. The van der Waals surface area contributed by atoms with Crippen molar-refractivity contribution in [3.8, 4) is 0 Å². The van der Waals surface area contributed by atoms with Crippen LogP contribution in [0, 0.1) is 0 Å². The molecule has 0 aromatic carbocycles. The van der Waals surface area contributed by atoms with Gasteiger partial charge in [0.05, 0.1) is 11.8 Å². The highest BCUT2D eigenvalue weighted by atomic mass is 32.2. The van der Waals surface area contributed by atoms with Crippen molar-refractivity contribution in [1.29, 1.82) is 0 Å². The van der Waals surface area contributed by atoms with Crippen LogP contribution in [0.3, 0.4) is 0 Å². The SMILES string of the molecule is CCS[C@H](C)C(=O)NCc1nnc(N)s1. The second-order valence-electron chi connectivity index (χ2n) is 2.85. The van der Waals surface area contributed by atoms with Crippen LogP contribution in [0.1, 0.15) is 18.9 Å². The van der Waals surface area contributed by atoms with Crippen LogP contribution in [-0.2, 0) is 11.3 Å². The molecule has 1 aromatic heterocycles. The molecule has 1 aromatic rings. The summed E-state index contributed by atoms with van der Waals surface area (Å²) in [6.07, 6.45) is 0. The summed E-state index contributed by atoms with van der Waals surface area (Å²) >= 11 is 2.90. The second-order valence-corrected chi connectivity index (χ2v) is 5.56. The standard InChI is InChI=1S/C8H14N4OS2/c1-3-14-5(2)7(13)10-4-6-11-12-8(9)15-6/h5H,3-4H2,1-2H3,(H2,9,12)(H,10,13)/t5-/m1/s1. The molecular weight excluding hydrogens is 232 g/mol. The number of carbonyl (C=O) groups is 1. The van der Waals surface area contributed by atoms with E-state index in [1.807, 2.05) is 13.8 Å².